The van der Waals surface area contributed by atoms with Crippen LogP contribution >= 0.6 is 22.7 Å². The second-order valence-corrected chi connectivity index (χ2v) is 11.3. The zero-order valence-corrected chi connectivity index (χ0v) is 20.1. The van der Waals surface area contributed by atoms with Gasteiger partial charge in [0.2, 0.25) is 0 Å². The summed E-state index contributed by atoms with van der Waals surface area (Å²) in [5, 5.41) is 6.31. The van der Waals surface area contributed by atoms with Crippen molar-refractivity contribution in [1.82, 2.24) is 9.97 Å². The van der Waals surface area contributed by atoms with E-state index in [2.05, 4.69) is 37.1 Å². The number of fused-ring (bicyclic) bond motifs is 2. The molecule has 1 amide bonds. The molecule has 4 aromatic rings. The molecule has 7 heteroatoms. The smallest absolute Gasteiger partial charge is 0.269 e. The number of thiazole rings is 1. The zero-order chi connectivity index (χ0) is 22.5. The van der Waals surface area contributed by atoms with Crippen LogP contribution in [0, 0.1) is 11.3 Å². The normalized spacial score (nSPS) is 16.2. The summed E-state index contributed by atoms with van der Waals surface area (Å²) in [5.41, 5.74) is 11.5. The number of hydrogen-bond donors (Lipinski definition) is 2. The molecule has 3 aromatic heterocycles. The second kappa shape index (κ2) is 7.98. The van der Waals surface area contributed by atoms with Gasteiger partial charge in [-0.15, -0.1) is 22.7 Å². The van der Waals surface area contributed by atoms with Crippen LogP contribution in [0.5, 0.6) is 0 Å². The van der Waals surface area contributed by atoms with Crippen LogP contribution in [0.1, 0.15) is 48.1 Å². The first-order valence-electron chi connectivity index (χ1n) is 10.8. The van der Waals surface area contributed by atoms with E-state index in [1.165, 1.54) is 28.2 Å². The summed E-state index contributed by atoms with van der Waals surface area (Å²) in [7, 11) is 0. The first-order chi connectivity index (χ1) is 15.3. The minimum atomic E-state index is -0.231. The molecule has 0 spiro atoms. The molecule has 0 saturated heterocycles. The number of nitrogens with two attached hydrogens (primary N) is 1. The maximum absolute atomic E-state index is 13.0. The van der Waals surface area contributed by atoms with Crippen LogP contribution in [-0.4, -0.2) is 15.9 Å². The Hall–Kier alpha value is -2.77. The summed E-state index contributed by atoms with van der Waals surface area (Å²) in [6.07, 6.45) is 3.14. The standard InChI is InChI=1S/C25H26N4OS2/c1-25(2,3)16-9-10-18-15(11-16)12-17-20(26)21(32-23(17)27-18)22(30)29-24-28-19(13-31-24)14-7-5-4-6-8-14/h4-8,12-13,16H,9-11,26H2,1-3H3,(H,28,29,30). The van der Waals surface area contributed by atoms with Gasteiger partial charge in [-0.25, -0.2) is 9.97 Å². The van der Waals surface area contributed by atoms with Crippen LogP contribution in [0.2, 0.25) is 0 Å². The fraction of sp³-hybridized carbons (Fsp3) is 0.320. The maximum atomic E-state index is 13.0. The Morgan fingerprint density at radius 1 is 1.19 bits per heavy atom. The molecule has 32 heavy (non-hydrogen) atoms. The van der Waals surface area contributed by atoms with Crippen molar-refractivity contribution in [2.45, 2.75) is 40.0 Å². The van der Waals surface area contributed by atoms with Crippen molar-refractivity contribution in [3.8, 4) is 11.3 Å². The van der Waals surface area contributed by atoms with E-state index in [0.717, 1.165) is 46.4 Å². The van der Waals surface area contributed by atoms with E-state index in [1.54, 1.807) is 0 Å². The third-order valence-electron chi connectivity index (χ3n) is 6.31. The Morgan fingerprint density at radius 3 is 2.72 bits per heavy atom. The van der Waals surface area contributed by atoms with Crippen molar-refractivity contribution >= 4 is 49.6 Å². The van der Waals surface area contributed by atoms with Crippen molar-refractivity contribution in [3.63, 3.8) is 0 Å². The summed E-state index contributed by atoms with van der Waals surface area (Å²) in [6, 6.07) is 12.1. The monoisotopic (exact) mass is 462 g/mol. The highest BCUT2D eigenvalue weighted by Gasteiger charge is 2.30. The van der Waals surface area contributed by atoms with Gasteiger partial charge >= 0.3 is 0 Å². The molecular formula is C25H26N4OS2. The topological polar surface area (TPSA) is 80.9 Å². The Kier molecular flexibility index (Phi) is 5.26. The molecule has 1 aromatic carbocycles. The van der Waals surface area contributed by atoms with Gasteiger partial charge in [-0.05, 0) is 42.2 Å². The molecule has 3 heterocycles. The number of aromatic nitrogens is 2. The Balaban J connectivity index is 1.41. The minimum absolute atomic E-state index is 0.231. The van der Waals surface area contributed by atoms with E-state index in [1.807, 2.05) is 35.7 Å². The van der Waals surface area contributed by atoms with Crippen molar-refractivity contribution in [2.75, 3.05) is 11.1 Å². The molecule has 1 atom stereocenters. The van der Waals surface area contributed by atoms with Crippen LogP contribution in [0.25, 0.3) is 21.5 Å². The van der Waals surface area contributed by atoms with Gasteiger partial charge < -0.3 is 5.73 Å². The predicted molar refractivity (Wildman–Crippen MR) is 135 cm³/mol. The lowest BCUT2D eigenvalue weighted by molar-refractivity contribution is 0.103. The lowest BCUT2D eigenvalue weighted by atomic mass is 9.71. The predicted octanol–water partition coefficient (Wildman–Crippen LogP) is 6.41. The number of rotatable bonds is 3. The second-order valence-electron chi connectivity index (χ2n) is 9.46. The summed E-state index contributed by atoms with van der Waals surface area (Å²) >= 11 is 2.77. The molecule has 1 aliphatic carbocycles. The lowest BCUT2D eigenvalue weighted by Crippen LogP contribution is -2.27. The third-order valence-corrected chi connectivity index (χ3v) is 8.18. The van der Waals surface area contributed by atoms with Crippen molar-refractivity contribution in [1.29, 1.82) is 0 Å². The molecule has 3 N–H and O–H groups in total. The molecule has 0 saturated carbocycles. The van der Waals surface area contributed by atoms with Crippen LogP contribution in [-0.2, 0) is 12.8 Å². The van der Waals surface area contributed by atoms with E-state index in [0.29, 0.717) is 21.6 Å². The van der Waals surface area contributed by atoms with Crippen LogP contribution in [0.15, 0.2) is 41.8 Å². The molecule has 1 unspecified atom stereocenters. The number of aryl methyl sites for hydroxylation is 1. The summed E-state index contributed by atoms with van der Waals surface area (Å²) < 4.78 is 0. The Morgan fingerprint density at radius 2 is 1.97 bits per heavy atom. The van der Waals surface area contributed by atoms with Gasteiger partial charge in [0.1, 0.15) is 9.71 Å². The molecule has 0 fully saturated rings. The number of nitrogen functional groups attached to an aromatic ring is 1. The van der Waals surface area contributed by atoms with E-state index < -0.39 is 0 Å². The van der Waals surface area contributed by atoms with E-state index in [-0.39, 0.29) is 11.3 Å². The molecule has 5 rings (SSSR count). The highest BCUT2D eigenvalue weighted by atomic mass is 32.1. The fourth-order valence-electron chi connectivity index (χ4n) is 4.32. The van der Waals surface area contributed by atoms with Crippen molar-refractivity contribution in [3.05, 3.63) is 57.9 Å². The van der Waals surface area contributed by atoms with Crippen molar-refractivity contribution in [2.24, 2.45) is 11.3 Å². The largest absolute Gasteiger partial charge is 0.397 e. The lowest BCUT2D eigenvalue weighted by Gasteiger charge is -2.34. The molecule has 0 radical (unpaired) electrons. The molecular weight excluding hydrogens is 436 g/mol. The van der Waals surface area contributed by atoms with Gasteiger partial charge in [0.25, 0.3) is 5.91 Å². The zero-order valence-electron chi connectivity index (χ0n) is 18.4. The summed E-state index contributed by atoms with van der Waals surface area (Å²) in [6.45, 7) is 6.91. The molecule has 164 valence electrons. The maximum Gasteiger partial charge on any atom is 0.269 e. The van der Waals surface area contributed by atoms with Crippen LogP contribution < -0.4 is 11.1 Å². The van der Waals surface area contributed by atoms with E-state index in [9.17, 15) is 4.79 Å². The van der Waals surface area contributed by atoms with Crippen molar-refractivity contribution < 1.29 is 4.79 Å². The Bertz CT molecular complexity index is 1300. The minimum Gasteiger partial charge on any atom is -0.397 e. The molecule has 5 nitrogen and oxygen atoms in total. The van der Waals surface area contributed by atoms with E-state index in [4.69, 9.17) is 10.7 Å². The Labute approximate surface area is 195 Å². The number of anilines is 2. The number of amides is 1. The van der Waals surface area contributed by atoms with E-state index >= 15 is 0 Å². The highest BCUT2D eigenvalue weighted by Crippen LogP contribution is 2.40. The summed E-state index contributed by atoms with van der Waals surface area (Å²) in [5.74, 6) is 0.394. The van der Waals surface area contributed by atoms with Gasteiger partial charge in [0, 0.05) is 22.0 Å². The number of benzene rings is 1. The highest BCUT2D eigenvalue weighted by molar-refractivity contribution is 7.21. The number of pyridine rings is 1. The quantitative estimate of drug-likeness (QED) is 0.369. The number of carbonyl (C=O) groups is 1. The van der Waals surface area contributed by atoms with Gasteiger partial charge in [-0.3, -0.25) is 10.1 Å². The number of hydrogen-bond acceptors (Lipinski definition) is 6. The third kappa shape index (κ3) is 3.91. The number of nitrogens with one attached hydrogen (secondary N) is 1. The van der Waals surface area contributed by atoms with Crippen LogP contribution in [0.4, 0.5) is 10.8 Å². The fourth-order valence-corrected chi connectivity index (χ4v) is 6.03. The molecule has 0 aliphatic heterocycles. The number of nitrogens with zero attached hydrogens (tertiary/aromatic N) is 2. The van der Waals surface area contributed by atoms with Gasteiger partial charge in [0.05, 0.1) is 11.4 Å². The first-order valence-corrected chi connectivity index (χ1v) is 12.5. The number of thiophene rings is 1. The van der Waals surface area contributed by atoms with Crippen LogP contribution in [0.3, 0.4) is 0 Å². The SMILES string of the molecule is CC(C)(C)C1CCc2nc3sc(C(=O)Nc4nc(-c5ccccc5)cs4)c(N)c3cc2C1. The van der Waals surface area contributed by atoms with Gasteiger partial charge in [-0.2, -0.15) is 0 Å². The van der Waals surface area contributed by atoms with Gasteiger partial charge in [-0.1, -0.05) is 51.1 Å². The first kappa shape index (κ1) is 21.1. The molecule has 1 aliphatic rings. The average molecular weight is 463 g/mol. The summed E-state index contributed by atoms with van der Waals surface area (Å²) in [4.78, 5) is 23.8. The average Bonchev–Trinajstić information content (AvgIpc) is 3.36. The number of carbonyl (C=O) groups excluding carboxylic acids is 1. The molecule has 0 bridgehead atoms. The van der Waals surface area contributed by atoms with Gasteiger partial charge in [0.15, 0.2) is 5.13 Å².